The van der Waals surface area contributed by atoms with Crippen molar-refractivity contribution in [2.45, 2.75) is 103 Å². The monoisotopic (exact) mass is 524 g/mol. The number of methoxy groups -OCH3 is 1. The summed E-state index contributed by atoms with van der Waals surface area (Å²) < 4.78 is 24.8. The minimum atomic E-state index is -1.12. The predicted molar refractivity (Wildman–Crippen MR) is 145 cm³/mol. The Bertz CT molecular complexity index is 1260. The number of phenolic OH excluding ortho intramolecular Hbond substituents is 1. The summed E-state index contributed by atoms with van der Waals surface area (Å²) in [5.41, 5.74) is 0.769. The maximum Gasteiger partial charge on any atom is 0.199 e. The zero-order chi connectivity index (χ0) is 27.8. The molecule has 0 spiro atoms. The number of benzene rings is 1. The normalized spacial score (nSPS) is 29.3. The van der Waals surface area contributed by atoms with E-state index in [4.69, 9.17) is 18.9 Å². The Balaban J connectivity index is 1.65. The molecule has 2 N–H and O–H groups in total. The van der Waals surface area contributed by atoms with E-state index >= 15 is 0 Å². The number of fused-ring (bicyclic) bond motifs is 3. The first-order valence-corrected chi connectivity index (χ1v) is 13.5. The van der Waals surface area contributed by atoms with Crippen molar-refractivity contribution < 1.29 is 34.0 Å². The van der Waals surface area contributed by atoms with Crippen molar-refractivity contribution in [2.24, 2.45) is 5.92 Å². The number of Topliss-reactive ketones (excluding diaryl/α,β-unsaturated/α-hetero) is 1. The van der Waals surface area contributed by atoms with E-state index in [1.54, 1.807) is 13.2 Å². The molecular formula is C31H40O7. The van der Waals surface area contributed by atoms with E-state index in [2.05, 4.69) is 19.9 Å². The average molecular weight is 525 g/mol. The molecular weight excluding hydrogens is 484 g/mol. The molecule has 1 aliphatic carbocycles. The Hall–Kier alpha value is -2.61. The summed E-state index contributed by atoms with van der Waals surface area (Å²) in [4.78, 5) is 13.9. The highest BCUT2D eigenvalue weighted by molar-refractivity contribution is 6.15. The van der Waals surface area contributed by atoms with Gasteiger partial charge in [0.25, 0.3) is 0 Å². The highest BCUT2D eigenvalue weighted by Crippen LogP contribution is 2.57. The molecule has 0 amide bonds. The maximum atomic E-state index is 13.9. The van der Waals surface area contributed by atoms with Gasteiger partial charge in [0.1, 0.15) is 46.7 Å². The van der Waals surface area contributed by atoms with E-state index in [9.17, 15) is 15.0 Å². The summed E-state index contributed by atoms with van der Waals surface area (Å²) in [6.45, 7) is 13.9. The van der Waals surface area contributed by atoms with E-state index in [1.165, 1.54) is 5.57 Å². The van der Waals surface area contributed by atoms with E-state index in [1.807, 2.05) is 46.8 Å². The number of rotatable bonds is 7. The quantitative estimate of drug-likeness (QED) is 0.342. The number of phenols is 1. The lowest BCUT2D eigenvalue weighted by Crippen LogP contribution is -2.44. The Morgan fingerprint density at radius 2 is 1.95 bits per heavy atom. The van der Waals surface area contributed by atoms with Gasteiger partial charge in [0.05, 0.1) is 22.3 Å². The molecule has 1 fully saturated rings. The van der Waals surface area contributed by atoms with Crippen LogP contribution in [0.1, 0.15) is 95.3 Å². The van der Waals surface area contributed by atoms with Crippen molar-refractivity contribution in [1.82, 2.24) is 0 Å². The van der Waals surface area contributed by atoms with Crippen LogP contribution in [0.2, 0.25) is 0 Å². The first-order valence-electron chi connectivity index (χ1n) is 13.5. The van der Waals surface area contributed by atoms with Gasteiger partial charge in [0.15, 0.2) is 5.78 Å². The predicted octanol–water partition coefficient (Wildman–Crippen LogP) is 5.83. The molecule has 3 aliphatic heterocycles. The van der Waals surface area contributed by atoms with Gasteiger partial charge in [-0.2, -0.15) is 0 Å². The highest BCUT2D eigenvalue weighted by Gasteiger charge is 2.56. The molecule has 1 saturated heterocycles. The Labute approximate surface area is 225 Å². The van der Waals surface area contributed by atoms with E-state index in [0.29, 0.717) is 35.3 Å². The van der Waals surface area contributed by atoms with Gasteiger partial charge in [-0.15, -0.1) is 0 Å². The number of allylic oxidation sites excluding steroid dienone is 3. The summed E-state index contributed by atoms with van der Waals surface area (Å²) in [5.74, 6) is -0.0912. The van der Waals surface area contributed by atoms with Crippen LogP contribution >= 0.6 is 0 Å². The third-order valence-corrected chi connectivity index (χ3v) is 8.64. The van der Waals surface area contributed by atoms with Gasteiger partial charge in [-0.05, 0) is 79.9 Å². The van der Waals surface area contributed by atoms with Crippen LogP contribution in [0.15, 0.2) is 29.4 Å². The number of aliphatic hydroxyl groups excluding tert-OH is 1. The molecule has 0 saturated carbocycles. The number of carbonyl (C=O) groups excluding carboxylic acids is 1. The number of aliphatic hydroxyl groups is 1. The van der Waals surface area contributed by atoms with Crippen LogP contribution in [-0.4, -0.2) is 52.1 Å². The summed E-state index contributed by atoms with van der Waals surface area (Å²) >= 11 is 0. The highest BCUT2D eigenvalue weighted by atomic mass is 16.6. The number of hydrogen-bond donors (Lipinski definition) is 2. The number of ether oxygens (including phenoxy) is 4. The van der Waals surface area contributed by atoms with Crippen LogP contribution in [0.25, 0.3) is 6.08 Å². The molecule has 0 bridgehead atoms. The zero-order valence-corrected chi connectivity index (χ0v) is 23.7. The fraction of sp³-hybridized carbons (Fsp3) is 0.581. The van der Waals surface area contributed by atoms with E-state index in [0.717, 1.165) is 6.42 Å². The largest absolute Gasteiger partial charge is 0.506 e. The Kier molecular flexibility index (Phi) is 6.37. The van der Waals surface area contributed by atoms with Crippen molar-refractivity contribution in [3.8, 4) is 17.2 Å². The van der Waals surface area contributed by atoms with Gasteiger partial charge >= 0.3 is 0 Å². The van der Waals surface area contributed by atoms with Crippen molar-refractivity contribution in [1.29, 1.82) is 0 Å². The second-order valence-corrected chi connectivity index (χ2v) is 12.5. The van der Waals surface area contributed by atoms with Crippen LogP contribution in [0, 0.1) is 5.92 Å². The Morgan fingerprint density at radius 1 is 1.26 bits per heavy atom. The molecule has 4 aliphatic rings. The van der Waals surface area contributed by atoms with Crippen molar-refractivity contribution in [2.75, 3.05) is 7.11 Å². The molecule has 5 atom stereocenters. The molecule has 7 heteroatoms. The third kappa shape index (κ3) is 4.29. The van der Waals surface area contributed by atoms with Gasteiger partial charge in [-0.3, -0.25) is 4.79 Å². The van der Waals surface area contributed by atoms with E-state index in [-0.39, 0.29) is 28.8 Å². The van der Waals surface area contributed by atoms with Crippen molar-refractivity contribution in [3.63, 3.8) is 0 Å². The second-order valence-electron chi connectivity index (χ2n) is 12.5. The fourth-order valence-corrected chi connectivity index (χ4v) is 5.95. The molecule has 0 aromatic heterocycles. The van der Waals surface area contributed by atoms with Crippen LogP contribution in [0.5, 0.6) is 17.2 Å². The lowest BCUT2D eigenvalue weighted by molar-refractivity contribution is -0.0547. The molecule has 0 radical (unpaired) electrons. The van der Waals surface area contributed by atoms with Gasteiger partial charge in [0, 0.05) is 18.6 Å². The minimum Gasteiger partial charge on any atom is -0.506 e. The van der Waals surface area contributed by atoms with Gasteiger partial charge in [-0.1, -0.05) is 17.7 Å². The molecule has 38 heavy (non-hydrogen) atoms. The van der Waals surface area contributed by atoms with E-state index < -0.39 is 35.1 Å². The first-order chi connectivity index (χ1) is 17.7. The average Bonchev–Trinajstić information content (AvgIpc) is 3.25. The molecule has 5 rings (SSSR count). The number of carbonyl (C=O) groups is 1. The molecule has 3 unspecified atom stereocenters. The maximum absolute atomic E-state index is 13.9. The molecule has 7 nitrogen and oxygen atoms in total. The van der Waals surface area contributed by atoms with Crippen molar-refractivity contribution in [3.05, 3.63) is 46.1 Å². The minimum absolute atomic E-state index is 0.0658. The van der Waals surface area contributed by atoms with Crippen LogP contribution < -0.4 is 9.47 Å². The zero-order valence-electron chi connectivity index (χ0n) is 23.7. The van der Waals surface area contributed by atoms with Crippen LogP contribution in [-0.2, 0) is 9.47 Å². The summed E-state index contributed by atoms with van der Waals surface area (Å²) in [6, 6.07) is 0. The van der Waals surface area contributed by atoms with Gasteiger partial charge < -0.3 is 29.2 Å². The second kappa shape index (κ2) is 8.97. The number of ketones is 1. The first kappa shape index (κ1) is 27.0. The van der Waals surface area contributed by atoms with Gasteiger partial charge in [0.2, 0.25) is 0 Å². The lowest BCUT2D eigenvalue weighted by Gasteiger charge is -2.40. The third-order valence-electron chi connectivity index (χ3n) is 8.64. The standard InChI is InChI=1S/C31H40O7/c1-16(2)10-9-14-31(7)15-13-18-23(33)20-22(32)17-11-12-19(29(3,4)35-8)25(17)36-27(20)21(26(18)37-31)24(34)28-30(5,6)38-28/h10-11,13,15,19,24-25,28,33-34H,9,12,14H2,1-8H3/t19-,24?,25?,28?,31+/m0/s1. The topological polar surface area (TPSA) is 97.8 Å². The lowest BCUT2D eigenvalue weighted by atomic mass is 9.81. The number of aromatic hydroxyl groups is 1. The fourth-order valence-electron chi connectivity index (χ4n) is 5.95. The summed E-state index contributed by atoms with van der Waals surface area (Å²) in [6.07, 6.45) is 7.69. The molecule has 206 valence electrons. The summed E-state index contributed by atoms with van der Waals surface area (Å²) in [5, 5.41) is 23.1. The summed E-state index contributed by atoms with van der Waals surface area (Å²) in [7, 11) is 1.65. The van der Waals surface area contributed by atoms with Crippen molar-refractivity contribution >= 4 is 11.9 Å². The molecule has 1 aromatic rings. The van der Waals surface area contributed by atoms with Crippen LogP contribution in [0.3, 0.4) is 0 Å². The van der Waals surface area contributed by atoms with Gasteiger partial charge in [-0.25, -0.2) is 0 Å². The Morgan fingerprint density at radius 3 is 2.55 bits per heavy atom. The smallest absolute Gasteiger partial charge is 0.199 e. The SMILES string of the molecule is COC(C)(C)[C@H]1CC=C2C(=O)c3c(O)c4c(c(C(O)C5OC5(C)C)c3OC21)O[C@](C)(CCC=C(C)C)C=C4. The van der Waals surface area contributed by atoms with Crippen LogP contribution in [0.4, 0.5) is 0 Å². The number of hydrogen-bond acceptors (Lipinski definition) is 7. The molecule has 3 heterocycles. The molecule has 1 aromatic carbocycles. The number of epoxide rings is 1.